The van der Waals surface area contributed by atoms with Crippen molar-refractivity contribution in [2.24, 2.45) is 0 Å². The van der Waals surface area contributed by atoms with Crippen LogP contribution in [-0.2, 0) is 21.6 Å². The van der Waals surface area contributed by atoms with Crippen LogP contribution < -0.4 is 14.8 Å². The third kappa shape index (κ3) is 4.63. The van der Waals surface area contributed by atoms with Gasteiger partial charge in [0.25, 0.3) is 0 Å². The van der Waals surface area contributed by atoms with Crippen LogP contribution in [0, 0.1) is 0 Å². The van der Waals surface area contributed by atoms with Gasteiger partial charge in [-0.15, -0.1) is 0 Å². The van der Waals surface area contributed by atoms with Gasteiger partial charge in [0.1, 0.15) is 0 Å². The Labute approximate surface area is 234 Å². The Morgan fingerprint density at radius 1 is 1.00 bits per heavy atom. The molecule has 2 heterocycles. The van der Waals surface area contributed by atoms with Crippen molar-refractivity contribution in [3.05, 3.63) is 95.2 Å². The van der Waals surface area contributed by atoms with Crippen LogP contribution in [0.25, 0.3) is 10.9 Å². The lowest BCUT2D eigenvalue weighted by Crippen LogP contribution is -2.60. The molecule has 0 bridgehead atoms. The zero-order valence-corrected chi connectivity index (χ0v) is 23.3. The molecule has 2 N–H and O–H groups in total. The fraction of sp³-hybridized carbons (Fsp3) is 0.312. The number of nitrogens with one attached hydrogen (secondary N) is 2. The van der Waals surface area contributed by atoms with Gasteiger partial charge in [0, 0.05) is 35.5 Å². The van der Waals surface area contributed by atoms with Crippen molar-refractivity contribution in [2.75, 3.05) is 26.9 Å². The van der Waals surface area contributed by atoms with E-state index in [4.69, 9.17) is 14.2 Å². The molecule has 0 unspecified atom stereocenters. The first-order valence-corrected chi connectivity index (χ1v) is 13.6. The van der Waals surface area contributed by atoms with Crippen molar-refractivity contribution in [3.8, 4) is 11.5 Å². The molecule has 8 nitrogen and oxygen atoms in total. The number of benzene rings is 3. The van der Waals surface area contributed by atoms with Gasteiger partial charge in [0.15, 0.2) is 17.0 Å². The Morgan fingerprint density at radius 2 is 1.75 bits per heavy atom. The van der Waals surface area contributed by atoms with E-state index in [-0.39, 0.29) is 25.1 Å². The number of hydrogen-bond acceptors (Lipinski definition) is 5. The second kappa shape index (κ2) is 11.3. The number of hydrogen-bond donors (Lipinski definition) is 2. The summed E-state index contributed by atoms with van der Waals surface area (Å²) in [7, 11) is 1.61. The van der Waals surface area contributed by atoms with E-state index >= 15 is 0 Å². The Morgan fingerprint density at radius 3 is 2.48 bits per heavy atom. The number of methoxy groups -OCH3 is 1. The summed E-state index contributed by atoms with van der Waals surface area (Å²) in [5, 5.41) is 4.01. The molecule has 0 spiro atoms. The number of aromatic amines is 1. The molecule has 3 aromatic carbocycles. The fourth-order valence-corrected chi connectivity index (χ4v) is 5.66. The number of rotatable bonds is 8. The predicted molar refractivity (Wildman–Crippen MR) is 154 cm³/mol. The van der Waals surface area contributed by atoms with Crippen molar-refractivity contribution in [3.63, 3.8) is 0 Å². The molecule has 5 rings (SSSR count). The van der Waals surface area contributed by atoms with Crippen LogP contribution in [0.3, 0.4) is 0 Å². The fourth-order valence-electron chi connectivity index (χ4n) is 5.66. The lowest BCUT2D eigenvalue weighted by atomic mass is 9.77. The summed E-state index contributed by atoms with van der Waals surface area (Å²) in [4.78, 5) is 32.8. The maximum absolute atomic E-state index is 14.0. The lowest BCUT2D eigenvalue weighted by molar-refractivity contribution is -0.156. The quantitative estimate of drug-likeness (QED) is 0.279. The predicted octanol–water partition coefficient (Wildman–Crippen LogP) is 5.71. The van der Waals surface area contributed by atoms with Gasteiger partial charge in [-0.2, -0.15) is 0 Å². The highest BCUT2D eigenvalue weighted by Crippen LogP contribution is 2.49. The van der Waals surface area contributed by atoms with E-state index in [1.165, 1.54) is 0 Å². The van der Waals surface area contributed by atoms with Crippen LogP contribution in [0.1, 0.15) is 49.1 Å². The number of aromatic nitrogens is 1. The number of ether oxygens (including phenoxy) is 3. The largest absolute Gasteiger partial charge is 0.493 e. The third-order valence-corrected chi connectivity index (χ3v) is 7.58. The molecule has 0 saturated carbocycles. The maximum atomic E-state index is 14.0. The number of fused-ring (bicyclic) bond motifs is 3. The average Bonchev–Trinajstić information content (AvgIpc) is 3.38. The molecule has 1 aliphatic heterocycles. The Hall–Kier alpha value is -4.46. The second-order valence-electron chi connectivity index (χ2n) is 9.87. The van der Waals surface area contributed by atoms with Crippen molar-refractivity contribution in [2.45, 2.75) is 38.8 Å². The normalized spacial score (nSPS) is 18.2. The van der Waals surface area contributed by atoms with Crippen molar-refractivity contribution < 1.29 is 23.8 Å². The van der Waals surface area contributed by atoms with Crippen molar-refractivity contribution >= 4 is 22.9 Å². The highest BCUT2D eigenvalue weighted by molar-refractivity contribution is 5.94. The van der Waals surface area contributed by atoms with Crippen molar-refractivity contribution in [1.29, 1.82) is 0 Å². The van der Waals surface area contributed by atoms with Crippen molar-refractivity contribution in [1.82, 2.24) is 15.2 Å². The summed E-state index contributed by atoms with van der Waals surface area (Å²) >= 11 is 0. The summed E-state index contributed by atoms with van der Waals surface area (Å²) in [6, 6.07) is 23.0. The minimum atomic E-state index is -1.40. The maximum Gasteiger partial charge on any atom is 0.338 e. The molecular formula is C32H35N3O5. The monoisotopic (exact) mass is 541 g/mol. The summed E-state index contributed by atoms with van der Waals surface area (Å²) in [6.07, 6.45) is 0. The highest BCUT2D eigenvalue weighted by Gasteiger charge is 2.53. The number of para-hydroxylation sites is 2. The summed E-state index contributed by atoms with van der Waals surface area (Å²) in [5.74, 6) is 0.428. The minimum Gasteiger partial charge on any atom is -0.493 e. The van der Waals surface area contributed by atoms with Gasteiger partial charge >= 0.3 is 12.0 Å². The smallest absolute Gasteiger partial charge is 0.338 e. The van der Waals surface area contributed by atoms with Gasteiger partial charge in [0.2, 0.25) is 0 Å². The standard InChI is InChI=1S/C32H35N3O5/c1-5-39-28-22(16-12-18-26(28)38-4)24-20-35(31(37)33-19-21-13-8-7-9-14-21)32(3,30(36)40-6-2)29-27(24)23-15-10-11-17-25(23)34-29/h7-18,24,34H,5-6,19-20H2,1-4H3,(H,33,37)/t24-,32-/m0/s1. The molecule has 0 radical (unpaired) electrons. The second-order valence-corrected chi connectivity index (χ2v) is 9.87. The average molecular weight is 542 g/mol. The van der Waals surface area contributed by atoms with Gasteiger partial charge < -0.3 is 29.4 Å². The first-order valence-electron chi connectivity index (χ1n) is 13.6. The molecular weight excluding hydrogens is 506 g/mol. The number of amides is 2. The molecule has 1 aromatic heterocycles. The number of H-pyrrole nitrogens is 1. The molecule has 8 heteroatoms. The number of esters is 1. The number of urea groups is 1. The Balaban J connectivity index is 1.70. The molecule has 0 saturated heterocycles. The Kier molecular flexibility index (Phi) is 7.69. The molecule has 40 heavy (non-hydrogen) atoms. The SMILES string of the molecule is CCOC(=O)[C@]1(C)c2[nH]c3ccccc3c2[C@H](c2cccc(OC)c2OCC)CN1C(=O)NCc1ccccc1. The molecule has 208 valence electrons. The van der Waals surface area contributed by atoms with Gasteiger partial charge in [-0.1, -0.05) is 60.7 Å². The van der Waals surface area contributed by atoms with Crippen LogP contribution in [0.2, 0.25) is 0 Å². The molecule has 0 aliphatic carbocycles. The van der Waals surface area contributed by atoms with Crippen LogP contribution in [0.5, 0.6) is 11.5 Å². The van der Waals surface area contributed by atoms with Gasteiger partial charge in [-0.05, 0) is 44.0 Å². The summed E-state index contributed by atoms with van der Waals surface area (Å²) in [6.45, 7) is 6.63. The number of carbonyl (C=O) groups excluding carboxylic acids is 2. The molecule has 1 aliphatic rings. The van der Waals surface area contributed by atoms with Gasteiger partial charge in [-0.25, -0.2) is 9.59 Å². The lowest BCUT2D eigenvalue weighted by Gasteiger charge is -2.45. The summed E-state index contributed by atoms with van der Waals surface area (Å²) < 4.78 is 17.4. The van der Waals surface area contributed by atoms with Crippen LogP contribution in [0.4, 0.5) is 4.79 Å². The highest BCUT2D eigenvalue weighted by atomic mass is 16.5. The number of nitrogens with zero attached hydrogens (tertiary/aromatic N) is 1. The van der Waals surface area contributed by atoms with E-state index < -0.39 is 11.5 Å². The van der Waals surface area contributed by atoms with E-state index in [2.05, 4.69) is 10.3 Å². The molecule has 2 amide bonds. The Bertz CT molecular complexity index is 1520. The first kappa shape index (κ1) is 27.1. The first-order chi connectivity index (χ1) is 19.4. The molecule has 0 fully saturated rings. The topological polar surface area (TPSA) is 92.9 Å². The van der Waals surface area contributed by atoms with E-state index in [0.717, 1.165) is 27.6 Å². The van der Waals surface area contributed by atoms with E-state index in [1.54, 1.807) is 25.9 Å². The van der Waals surface area contributed by atoms with Crippen LogP contribution >= 0.6 is 0 Å². The van der Waals surface area contributed by atoms with Crippen LogP contribution in [0.15, 0.2) is 72.8 Å². The van der Waals surface area contributed by atoms with E-state index in [9.17, 15) is 9.59 Å². The molecule has 2 atom stereocenters. The zero-order valence-electron chi connectivity index (χ0n) is 23.3. The van der Waals surface area contributed by atoms with E-state index in [1.807, 2.05) is 79.7 Å². The molecule has 4 aromatic rings. The third-order valence-electron chi connectivity index (χ3n) is 7.58. The minimum absolute atomic E-state index is 0.192. The van der Waals surface area contributed by atoms with Crippen LogP contribution in [-0.4, -0.2) is 48.8 Å². The van der Waals surface area contributed by atoms with E-state index in [0.29, 0.717) is 30.3 Å². The summed E-state index contributed by atoms with van der Waals surface area (Å²) in [5.41, 5.74) is 2.88. The van der Waals surface area contributed by atoms with Gasteiger partial charge in [0.05, 0.1) is 26.0 Å². The zero-order chi connectivity index (χ0) is 28.3. The number of carbonyl (C=O) groups is 2. The van der Waals surface area contributed by atoms with Gasteiger partial charge in [-0.3, -0.25) is 0 Å².